The Morgan fingerprint density at radius 2 is 2.21 bits per heavy atom. The van der Waals surface area contributed by atoms with E-state index in [0.717, 1.165) is 36.8 Å². The van der Waals surface area contributed by atoms with Gasteiger partial charge in [-0.15, -0.1) is 0 Å². The highest BCUT2D eigenvalue weighted by atomic mass is 16.5. The molecule has 4 aliphatic rings. The Morgan fingerprint density at radius 3 is 3.04 bits per heavy atom. The van der Waals surface area contributed by atoms with Crippen molar-refractivity contribution in [3.05, 3.63) is 23.2 Å². The van der Waals surface area contributed by atoms with E-state index < -0.39 is 0 Å². The molecule has 2 atom stereocenters. The summed E-state index contributed by atoms with van der Waals surface area (Å²) in [5.74, 6) is 0.846. The number of furan rings is 1. The van der Waals surface area contributed by atoms with Crippen molar-refractivity contribution in [1.29, 1.82) is 0 Å². The molecular weight excluding hydrogens is 358 g/mol. The first-order valence-electron chi connectivity index (χ1n) is 10.5. The lowest BCUT2D eigenvalue weighted by Gasteiger charge is -2.31. The molecule has 152 valence electrons. The van der Waals surface area contributed by atoms with Crippen LogP contribution in [0.2, 0.25) is 0 Å². The third-order valence-electron chi connectivity index (χ3n) is 7.04. The van der Waals surface area contributed by atoms with Gasteiger partial charge in [0.05, 0.1) is 31.6 Å². The molecule has 5 rings (SSSR count). The van der Waals surface area contributed by atoms with E-state index in [1.165, 1.54) is 12.8 Å². The Bertz CT molecular complexity index is 787. The van der Waals surface area contributed by atoms with Crippen LogP contribution in [0, 0.1) is 5.92 Å². The molecule has 2 aliphatic carbocycles. The fourth-order valence-electron chi connectivity index (χ4n) is 5.33. The van der Waals surface area contributed by atoms with E-state index in [-0.39, 0.29) is 17.4 Å². The number of nitrogens with zero attached hydrogens (tertiary/aromatic N) is 2. The average Bonchev–Trinajstić information content (AvgIpc) is 3.20. The molecule has 3 fully saturated rings. The number of carbonyl (C=O) groups is 2. The van der Waals surface area contributed by atoms with Crippen LogP contribution in [0.1, 0.15) is 53.8 Å². The van der Waals surface area contributed by atoms with Gasteiger partial charge >= 0.3 is 0 Å². The van der Waals surface area contributed by atoms with Crippen LogP contribution in [0.3, 0.4) is 0 Å². The number of rotatable bonds is 5. The van der Waals surface area contributed by atoms with Gasteiger partial charge < -0.3 is 19.4 Å². The van der Waals surface area contributed by atoms with Crippen LogP contribution in [-0.4, -0.2) is 66.5 Å². The van der Waals surface area contributed by atoms with Crippen LogP contribution in [-0.2, 0) is 22.6 Å². The summed E-state index contributed by atoms with van der Waals surface area (Å²) in [6, 6.07) is 0.568. The SMILES string of the molecule is CN(CC(=O)NC12CCCC1CN(C(=O)c1occ3c1CCOC3)C2)C1CC1. The first-order chi connectivity index (χ1) is 13.6. The third kappa shape index (κ3) is 3.14. The zero-order chi connectivity index (χ0) is 19.3. The van der Waals surface area contributed by atoms with Crippen molar-refractivity contribution in [2.24, 2.45) is 5.92 Å². The summed E-state index contributed by atoms with van der Waals surface area (Å²) in [7, 11) is 2.02. The van der Waals surface area contributed by atoms with Crippen molar-refractivity contribution in [2.45, 2.75) is 56.7 Å². The van der Waals surface area contributed by atoms with Crippen LogP contribution in [0.5, 0.6) is 0 Å². The summed E-state index contributed by atoms with van der Waals surface area (Å²) in [5.41, 5.74) is 1.71. The van der Waals surface area contributed by atoms with Gasteiger partial charge in [-0.25, -0.2) is 0 Å². The zero-order valence-corrected chi connectivity index (χ0v) is 16.5. The van der Waals surface area contributed by atoms with Gasteiger partial charge in [-0.1, -0.05) is 6.42 Å². The van der Waals surface area contributed by atoms with E-state index in [1.807, 2.05) is 11.9 Å². The second kappa shape index (κ2) is 6.88. The quantitative estimate of drug-likeness (QED) is 0.830. The minimum Gasteiger partial charge on any atom is -0.458 e. The Morgan fingerprint density at radius 1 is 1.36 bits per heavy atom. The first-order valence-corrected chi connectivity index (χ1v) is 10.5. The van der Waals surface area contributed by atoms with Gasteiger partial charge in [0.2, 0.25) is 5.91 Å². The Hall–Kier alpha value is -1.86. The molecule has 7 heteroatoms. The Labute approximate surface area is 165 Å². The minimum absolute atomic E-state index is 0.0405. The maximum Gasteiger partial charge on any atom is 0.289 e. The fraction of sp³-hybridized carbons (Fsp3) is 0.714. The smallest absolute Gasteiger partial charge is 0.289 e. The average molecular weight is 387 g/mol. The molecule has 1 aromatic rings. The normalized spacial score (nSPS) is 29.1. The molecule has 2 unspecified atom stereocenters. The summed E-state index contributed by atoms with van der Waals surface area (Å²) in [5, 5.41) is 3.34. The fourth-order valence-corrected chi connectivity index (χ4v) is 5.33. The summed E-state index contributed by atoms with van der Waals surface area (Å²) in [6.45, 7) is 2.87. The van der Waals surface area contributed by atoms with Gasteiger partial charge in [-0.3, -0.25) is 14.5 Å². The molecule has 0 bridgehead atoms. The van der Waals surface area contributed by atoms with Gasteiger partial charge in [0.1, 0.15) is 0 Å². The number of hydrogen-bond acceptors (Lipinski definition) is 5. The van der Waals surface area contributed by atoms with E-state index in [0.29, 0.717) is 50.6 Å². The van der Waals surface area contributed by atoms with Crippen molar-refractivity contribution >= 4 is 11.8 Å². The lowest BCUT2D eigenvalue weighted by Crippen LogP contribution is -2.54. The third-order valence-corrected chi connectivity index (χ3v) is 7.04. The number of fused-ring (bicyclic) bond motifs is 2. The summed E-state index contributed by atoms with van der Waals surface area (Å²) < 4.78 is 11.1. The number of ether oxygens (including phenoxy) is 1. The zero-order valence-electron chi connectivity index (χ0n) is 16.5. The van der Waals surface area contributed by atoms with Crippen molar-refractivity contribution < 1.29 is 18.7 Å². The highest BCUT2D eigenvalue weighted by molar-refractivity contribution is 5.94. The number of carbonyl (C=O) groups excluding carboxylic acids is 2. The topological polar surface area (TPSA) is 75.0 Å². The molecule has 1 aromatic heterocycles. The van der Waals surface area contributed by atoms with Gasteiger partial charge in [0.15, 0.2) is 5.76 Å². The molecule has 7 nitrogen and oxygen atoms in total. The van der Waals surface area contributed by atoms with E-state index in [1.54, 1.807) is 6.26 Å². The second-order valence-electron chi connectivity index (χ2n) is 9.00. The molecule has 2 amide bonds. The van der Waals surface area contributed by atoms with Gasteiger partial charge in [0, 0.05) is 42.6 Å². The highest BCUT2D eigenvalue weighted by Crippen LogP contribution is 2.42. The maximum atomic E-state index is 13.2. The lowest BCUT2D eigenvalue weighted by atomic mass is 9.90. The largest absolute Gasteiger partial charge is 0.458 e. The maximum absolute atomic E-state index is 13.2. The molecule has 0 spiro atoms. The number of hydrogen-bond donors (Lipinski definition) is 1. The van der Waals surface area contributed by atoms with E-state index in [4.69, 9.17) is 9.15 Å². The summed E-state index contributed by atoms with van der Waals surface area (Å²) in [6.07, 6.45) is 7.89. The van der Waals surface area contributed by atoms with Crippen molar-refractivity contribution in [2.75, 3.05) is 33.3 Å². The molecular formula is C21H29N3O4. The summed E-state index contributed by atoms with van der Waals surface area (Å²) >= 11 is 0. The van der Waals surface area contributed by atoms with Crippen molar-refractivity contribution in [1.82, 2.24) is 15.1 Å². The molecule has 2 aliphatic heterocycles. The number of amides is 2. The second-order valence-corrected chi connectivity index (χ2v) is 9.00. The predicted molar refractivity (Wildman–Crippen MR) is 102 cm³/mol. The minimum atomic E-state index is -0.271. The van der Waals surface area contributed by atoms with Crippen LogP contribution >= 0.6 is 0 Å². The molecule has 3 heterocycles. The first kappa shape index (κ1) is 18.2. The highest BCUT2D eigenvalue weighted by Gasteiger charge is 2.52. The van der Waals surface area contributed by atoms with Crippen LogP contribution in [0.4, 0.5) is 0 Å². The molecule has 28 heavy (non-hydrogen) atoms. The Balaban J connectivity index is 1.29. The van der Waals surface area contributed by atoms with Gasteiger partial charge in [-0.05, 0) is 32.7 Å². The lowest BCUT2D eigenvalue weighted by molar-refractivity contribution is -0.124. The molecule has 2 saturated carbocycles. The van der Waals surface area contributed by atoms with E-state index >= 15 is 0 Å². The molecule has 0 radical (unpaired) electrons. The Kier molecular flexibility index (Phi) is 4.47. The number of likely N-dealkylation sites (N-methyl/N-ethyl adjacent to an activating group) is 1. The monoisotopic (exact) mass is 387 g/mol. The van der Waals surface area contributed by atoms with Crippen LogP contribution in [0.25, 0.3) is 0 Å². The molecule has 1 N–H and O–H groups in total. The van der Waals surface area contributed by atoms with Crippen LogP contribution in [0.15, 0.2) is 10.7 Å². The number of nitrogens with one attached hydrogen (secondary N) is 1. The van der Waals surface area contributed by atoms with Gasteiger partial charge in [0.25, 0.3) is 5.91 Å². The summed E-state index contributed by atoms with van der Waals surface area (Å²) in [4.78, 5) is 29.9. The van der Waals surface area contributed by atoms with Gasteiger partial charge in [-0.2, -0.15) is 0 Å². The molecule has 1 saturated heterocycles. The predicted octanol–water partition coefficient (Wildman–Crippen LogP) is 1.56. The van der Waals surface area contributed by atoms with E-state index in [9.17, 15) is 9.59 Å². The van der Waals surface area contributed by atoms with Crippen molar-refractivity contribution in [3.8, 4) is 0 Å². The van der Waals surface area contributed by atoms with Crippen LogP contribution < -0.4 is 5.32 Å². The van der Waals surface area contributed by atoms with E-state index in [2.05, 4.69) is 10.2 Å². The molecule has 0 aromatic carbocycles. The number of likely N-dealkylation sites (tertiary alicyclic amines) is 1. The standard InChI is InChI=1S/C21H29N3O4/c1-23(16-4-5-16)10-18(25)22-21-7-2-3-15(21)9-24(13-21)20(26)19-17-6-8-27-11-14(17)12-28-19/h12,15-16H,2-11,13H2,1H3,(H,22,25). The van der Waals surface area contributed by atoms with Crippen molar-refractivity contribution in [3.63, 3.8) is 0 Å².